The van der Waals surface area contributed by atoms with Crippen LogP contribution in [0, 0.1) is 5.92 Å². The molecule has 2 aromatic rings. The Balaban J connectivity index is 0.00000225. The average molecular weight is 382 g/mol. The Morgan fingerprint density at radius 1 is 1.40 bits per heavy atom. The molecule has 0 aliphatic carbocycles. The average Bonchev–Trinajstić information content (AvgIpc) is 3.07. The lowest BCUT2D eigenvalue weighted by atomic mass is 9.95. The standard InChI is InChI=1S/C18H23N3O2S.ClH/c1-13-7-8-19-9-16(13)21-17(22)12-24-11-15-10-23-18(20-15)14-5-3-2-4-6-14;/h2-6,10,13,16,19H,7-9,11-12H2,1H3,(H,21,22);1H. The summed E-state index contributed by atoms with van der Waals surface area (Å²) in [4.78, 5) is 16.5. The van der Waals surface area contributed by atoms with Gasteiger partial charge >= 0.3 is 0 Å². The van der Waals surface area contributed by atoms with E-state index in [9.17, 15) is 4.79 Å². The van der Waals surface area contributed by atoms with Gasteiger partial charge in [0.2, 0.25) is 11.8 Å². The number of piperidine rings is 1. The SMILES string of the molecule is CC1CCNCC1NC(=O)CSCc1coc(-c2ccccc2)n1.Cl. The first kappa shape index (κ1) is 19.8. The first-order valence-electron chi connectivity index (χ1n) is 8.30. The Labute approximate surface area is 158 Å². The van der Waals surface area contributed by atoms with Gasteiger partial charge < -0.3 is 15.1 Å². The molecule has 1 fully saturated rings. The highest BCUT2D eigenvalue weighted by atomic mass is 35.5. The van der Waals surface area contributed by atoms with Gasteiger partial charge in [0.1, 0.15) is 6.26 Å². The van der Waals surface area contributed by atoms with Gasteiger partial charge in [-0.1, -0.05) is 25.1 Å². The van der Waals surface area contributed by atoms with Crippen molar-refractivity contribution in [3.63, 3.8) is 0 Å². The number of halogens is 1. The molecule has 1 aliphatic rings. The van der Waals surface area contributed by atoms with E-state index in [1.807, 2.05) is 30.3 Å². The molecule has 3 rings (SSSR count). The van der Waals surface area contributed by atoms with E-state index in [4.69, 9.17) is 4.42 Å². The van der Waals surface area contributed by atoms with Crippen LogP contribution in [0.4, 0.5) is 0 Å². The molecule has 0 radical (unpaired) electrons. The molecule has 136 valence electrons. The highest BCUT2D eigenvalue weighted by Gasteiger charge is 2.22. The predicted octanol–water partition coefficient (Wildman–Crippen LogP) is 3.11. The number of nitrogens with one attached hydrogen (secondary N) is 2. The number of nitrogens with zero attached hydrogens (tertiary/aromatic N) is 1. The number of rotatable bonds is 6. The van der Waals surface area contributed by atoms with Gasteiger partial charge in [-0.05, 0) is 31.0 Å². The number of oxazole rings is 1. The van der Waals surface area contributed by atoms with Gasteiger partial charge in [-0.25, -0.2) is 4.98 Å². The van der Waals surface area contributed by atoms with Crippen LogP contribution in [0.1, 0.15) is 19.0 Å². The van der Waals surface area contributed by atoms with Gasteiger partial charge in [0.05, 0.1) is 11.4 Å². The number of amides is 1. The first-order valence-corrected chi connectivity index (χ1v) is 9.45. The smallest absolute Gasteiger partial charge is 0.230 e. The van der Waals surface area contributed by atoms with E-state index in [-0.39, 0.29) is 24.4 Å². The Morgan fingerprint density at radius 2 is 2.20 bits per heavy atom. The third kappa shape index (κ3) is 5.76. The highest BCUT2D eigenvalue weighted by molar-refractivity contribution is 7.99. The molecule has 1 saturated heterocycles. The monoisotopic (exact) mass is 381 g/mol. The van der Waals surface area contributed by atoms with E-state index < -0.39 is 0 Å². The lowest BCUT2D eigenvalue weighted by Crippen LogP contribution is -2.50. The van der Waals surface area contributed by atoms with Gasteiger partial charge in [0, 0.05) is 23.9 Å². The second-order valence-corrected chi connectivity index (χ2v) is 7.13. The molecule has 5 nitrogen and oxygen atoms in total. The topological polar surface area (TPSA) is 67.2 Å². The van der Waals surface area contributed by atoms with Gasteiger partial charge in [-0.2, -0.15) is 0 Å². The lowest BCUT2D eigenvalue weighted by Gasteiger charge is -2.30. The number of benzene rings is 1. The highest BCUT2D eigenvalue weighted by Crippen LogP contribution is 2.20. The molecular formula is C18H24ClN3O2S. The fourth-order valence-electron chi connectivity index (χ4n) is 2.77. The molecule has 2 heterocycles. The molecule has 1 aromatic carbocycles. The maximum atomic E-state index is 12.1. The summed E-state index contributed by atoms with van der Waals surface area (Å²) >= 11 is 1.56. The second kappa shape index (κ2) is 9.85. The molecule has 7 heteroatoms. The van der Waals surface area contributed by atoms with E-state index in [0.29, 0.717) is 23.3 Å². The number of aromatic nitrogens is 1. The van der Waals surface area contributed by atoms with E-state index in [1.54, 1.807) is 18.0 Å². The summed E-state index contributed by atoms with van der Waals surface area (Å²) in [5.74, 6) is 2.35. The minimum atomic E-state index is 0. The fraction of sp³-hybridized carbons (Fsp3) is 0.444. The van der Waals surface area contributed by atoms with Crippen LogP contribution in [0.5, 0.6) is 0 Å². The first-order chi connectivity index (χ1) is 11.7. The van der Waals surface area contributed by atoms with Crippen molar-refractivity contribution in [1.82, 2.24) is 15.6 Å². The van der Waals surface area contributed by atoms with Crippen LogP contribution in [-0.4, -0.2) is 35.8 Å². The zero-order valence-electron chi connectivity index (χ0n) is 14.2. The largest absolute Gasteiger partial charge is 0.444 e. The van der Waals surface area contributed by atoms with Crippen LogP contribution in [-0.2, 0) is 10.5 Å². The van der Waals surface area contributed by atoms with E-state index in [0.717, 1.165) is 30.8 Å². The fourth-order valence-corrected chi connectivity index (χ4v) is 3.48. The molecule has 2 unspecified atom stereocenters. The molecule has 2 N–H and O–H groups in total. The number of carbonyl (C=O) groups excluding carboxylic acids is 1. The normalized spacial score (nSPS) is 19.9. The Morgan fingerprint density at radius 3 is 2.96 bits per heavy atom. The van der Waals surface area contributed by atoms with E-state index >= 15 is 0 Å². The number of hydrogen-bond donors (Lipinski definition) is 2. The van der Waals surface area contributed by atoms with Crippen LogP contribution in [0.3, 0.4) is 0 Å². The van der Waals surface area contributed by atoms with Crippen molar-refractivity contribution in [2.75, 3.05) is 18.8 Å². The van der Waals surface area contributed by atoms with Crippen molar-refractivity contribution >= 4 is 30.1 Å². The van der Waals surface area contributed by atoms with Crippen LogP contribution in [0.25, 0.3) is 11.5 Å². The third-order valence-corrected chi connectivity index (χ3v) is 5.20. The summed E-state index contributed by atoms with van der Waals surface area (Å²) in [6.45, 7) is 4.10. The summed E-state index contributed by atoms with van der Waals surface area (Å²) in [6, 6.07) is 10.1. The second-order valence-electron chi connectivity index (χ2n) is 6.15. The molecule has 1 aromatic heterocycles. The number of thioether (sulfide) groups is 1. The zero-order chi connectivity index (χ0) is 16.8. The van der Waals surface area contributed by atoms with Gasteiger partial charge in [-0.15, -0.1) is 24.2 Å². The van der Waals surface area contributed by atoms with Crippen molar-refractivity contribution in [3.05, 3.63) is 42.3 Å². The van der Waals surface area contributed by atoms with Gasteiger partial charge in [0.25, 0.3) is 0 Å². The summed E-state index contributed by atoms with van der Waals surface area (Å²) in [5, 5.41) is 6.45. The Hall–Kier alpha value is -1.50. The number of carbonyl (C=O) groups is 1. The molecule has 0 spiro atoms. The predicted molar refractivity (Wildman–Crippen MR) is 104 cm³/mol. The molecule has 25 heavy (non-hydrogen) atoms. The van der Waals surface area contributed by atoms with Crippen LogP contribution >= 0.6 is 24.2 Å². The molecule has 1 amide bonds. The molecule has 1 aliphatic heterocycles. The van der Waals surface area contributed by atoms with Crippen molar-refractivity contribution in [2.45, 2.75) is 25.1 Å². The summed E-state index contributed by atoms with van der Waals surface area (Å²) in [7, 11) is 0. The molecule has 2 atom stereocenters. The molecular weight excluding hydrogens is 358 g/mol. The summed E-state index contributed by atoms with van der Waals surface area (Å²) < 4.78 is 5.51. The summed E-state index contributed by atoms with van der Waals surface area (Å²) in [5.41, 5.74) is 1.82. The van der Waals surface area contributed by atoms with Crippen molar-refractivity contribution in [2.24, 2.45) is 5.92 Å². The molecule has 0 saturated carbocycles. The molecule has 0 bridgehead atoms. The van der Waals surface area contributed by atoms with Crippen molar-refractivity contribution < 1.29 is 9.21 Å². The Bertz CT molecular complexity index is 665. The zero-order valence-corrected chi connectivity index (χ0v) is 15.9. The van der Waals surface area contributed by atoms with Gasteiger partial charge in [0.15, 0.2) is 0 Å². The van der Waals surface area contributed by atoms with Crippen LogP contribution in [0.2, 0.25) is 0 Å². The van der Waals surface area contributed by atoms with Crippen LogP contribution in [0.15, 0.2) is 41.0 Å². The number of hydrogen-bond acceptors (Lipinski definition) is 5. The maximum absolute atomic E-state index is 12.1. The van der Waals surface area contributed by atoms with Crippen LogP contribution < -0.4 is 10.6 Å². The van der Waals surface area contributed by atoms with E-state index in [2.05, 4.69) is 22.5 Å². The summed E-state index contributed by atoms with van der Waals surface area (Å²) in [6.07, 6.45) is 2.78. The third-order valence-electron chi connectivity index (χ3n) is 4.23. The van der Waals surface area contributed by atoms with Gasteiger partial charge in [-0.3, -0.25) is 4.79 Å². The lowest BCUT2D eigenvalue weighted by molar-refractivity contribution is -0.119. The van der Waals surface area contributed by atoms with E-state index in [1.165, 1.54) is 0 Å². The maximum Gasteiger partial charge on any atom is 0.230 e. The quantitative estimate of drug-likeness (QED) is 0.804. The minimum Gasteiger partial charge on any atom is -0.444 e. The van der Waals surface area contributed by atoms with Crippen molar-refractivity contribution in [3.8, 4) is 11.5 Å². The van der Waals surface area contributed by atoms with Crippen molar-refractivity contribution in [1.29, 1.82) is 0 Å². The Kier molecular flexibility index (Phi) is 7.81. The minimum absolute atomic E-state index is 0.